The molecule has 2 aliphatic carbocycles. The smallest absolute Gasteiger partial charge is 0.123 e. The zero-order valence-electron chi connectivity index (χ0n) is 11.7. The summed E-state index contributed by atoms with van der Waals surface area (Å²) in [5.74, 6) is 1.39. The molecule has 0 heterocycles. The van der Waals surface area contributed by atoms with Gasteiger partial charge in [0.2, 0.25) is 0 Å². The molecule has 2 saturated carbocycles. The molecule has 1 N–H and O–H groups in total. The predicted molar refractivity (Wildman–Crippen MR) is 76.7 cm³/mol. The molecule has 1 unspecified atom stereocenters. The van der Waals surface area contributed by atoms with Crippen LogP contribution in [0.15, 0.2) is 24.3 Å². The first-order chi connectivity index (χ1) is 9.22. The molecule has 3 rings (SSSR count). The zero-order valence-corrected chi connectivity index (χ0v) is 11.7. The third kappa shape index (κ3) is 3.00. The molecule has 2 heteroatoms. The second-order valence-corrected chi connectivity index (χ2v) is 6.42. The second-order valence-electron chi connectivity index (χ2n) is 6.42. The molecule has 2 fully saturated rings. The third-order valence-corrected chi connectivity index (χ3v) is 5.09. The van der Waals surface area contributed by atoms with Crippen LogP contribution in [0.5, 0.6) is 0 Å². The van der Waals surface area contributed by atoms with E-state index in [0.717, 1.165) is 5.92 Å². The van der Waals surface area contributed by atoms with Gasteiger partial charge in [0.25, 0.3) is 0 Å². The van der Waals surface area contributed by atoms with E-state index in [1.165, 1.54) is 44.1 Å². The van der Waals surface area contributed by atoms with Crippen LogP contribution in [0.1, 0.15) is 56.9 Å². The normalized spacial score (nSPS) is 29.2. The van der Waals surface area contributed by atoms with Crippen LogP contribution in [0.4, 0.5) is 4.39 Å². The highest BCUT2D eigenvalue weighted by Crippen LogP contribution is 2.38. The Bertz CT molecular complexity index is 402. The monoisotopic (exact) mass is 261 g/mol. The van der Waals surface area contributed by atoms with Crippen molar-refractivity contribution < 1.29 is 4.39 Å². The summed E-state index contributed by atoms with van der Waals surface area (Å²) in [5, 5.41) is 3.80. The molecule has 1 aromatic carbocycles. The first-order valence-corrected chi connectivity index (χ1v) is 7.74. The fourth-order valence-corrected chi connectivity index (χ4v) is 3.73. The van der Waals surface area contributed by atoms with Crippen LogP contribution < -0.4 is 5.32 Å². The number of halogens is 1. The number of hydrogen-bond acceptors (Lipinski definition) is 1. The molecule has 0 aliphatic heterocycles. The van der Waals surface area contributed by atoms with Crippen molar-refractivity contribution in [2.75, 3.05) is 0 Å². The maximum atomic E-state index is 12.9. The standard InChI is InChI=1S/C17H24FN/c1-12(13-4-2-3-5-13)19-17-10-15(11-17)14-6-8-16(18)9-7-14/h6-9,12-13,15,17,19H,2-5,10-11H2,1H3. The summed E-state index contributed by atoms with van der Waals surface area (Å²) in [5.41, 5.74) is 1.30. The highest BCUT2D eigenvalue weighted by molar-refractivity contribution is 5.23. The number of nitrogens with one attached hydrogen (secondary N) is 1. The highest BCUT2D eigenvalue weighted by Gasteiger charge is 2.32. The van der Waals surface area contributed by atoms with Gasteiger partial charge in [0, 0.05) is 12.1 Å². The van der Waals surface area contributed by atoms with Crippen molar-refractivity contribution >= 4 is 0 Å². The van der Waals surface area contributed by atoms with E-state index in [2.05, 4.69) is 12.2 Å². The van der Waals surface area contributed by atoms with E-state index in [1.54, 1.807) is 12.1 Å². The summed E-state index contributed by atoms with van der Waals surface area (Å²) >= 11 is 0. The third-order valence-electron chi connectivity index (χ3n) is 5.09. The predicted octanol–water partition coefficient (Wildman–Crippen LogP) is 4.24. The topological polar surface area (TPSA) is 12.0 Å². The van der Waals surface area contributed by atoms with Crippen molar-refractivity contribution in [1.82, 2.24) is 5.32 Å². The van der Waals surface area contributed by atoms with Crippen molar-refractivity contribution in [3.05, 3.63) is 35.6 Å². The molecule has 0 spiro atoms. The minimum absolute atomic E-state index is 0.132. The lowest BCUT2D eigenvalue weighted by Gasteiger charge is -2.39. The summed E-state index contributed by atoms with van der Waals surface area (Å²) in [6, 6.07) is 8.38. The summed E-state index contributed by atoms with van der Waals surface area (Å²) in [6.07, 6.45) is 8.06. The highest BCUT2D eigenvalue weighted by atomic mass is 19.1. The van der Waals surface area contributed by atoms with Gasteiger partial charge in [-0.1, -0.05) is 25.0 Å². The van der Waals surface area contributed by atoms with Crippen LogP contribution in [-0.4, -0.2) is 12.1 Å². The molecule has 104 valence electrons. The fourth-order valence-electron chi connectivity index (χ4n) is 3.73. The molecule has 0 saturated heterocycles. The lowest BCUT2D eigenvalue weighted by atomic mass is 9.75. The molecule has 0 amide bonds. The molecule has 0 radical (unpaired) electrons. The average molecular weight is 261 g/mol. The van der Waals surface area contributed by atoms with E-state index in [0.29, 0.717) is 18.0 Å². The van der Waals surface area contributed by atoms with Crippen LogP contribution in [0.3, 0.4) is 0 Å². The van der Waals surface area contributed by atoms with Gasteiger partial charge in [-0.05, 0) is 62.1 Å². The Morgan fingerprint density at radius 2 is 1.74 bits per heavy atom. The van der Waals surface area contributed by atoms with Gasteiger partial charge in [0.1, 0.15) is 5.82 Å². The minimum Gasteiger partial charge on any atom is -0.311 e. The van der Waals surface area contributed by atoms with Gasteiger partial charge >= 0.3 is 0 Å². The van der Waals surface area contributed by atoms with E-state index in [4.69, 9.17) is 0 Å². The Kier molecular flexibility index (Phi) is 3.88. The molecule has 1 atom stereocenters. The van der Waals surface area contributed by atoms with E-state index in [1.807, 2.05) is 12.1 Å². The second kappa shape index (κ2) is 5.62. The Morgan fingerprint density at radius 1 is 1.11 bits per heavy atom. The molecule has 19 heavy (non-hydrogen) atoms. The SMILES string of the molecule is CC(NC1CC(c2ccc(F)cc2)C1)C1CCCC1. The maximum absolute atomic E-state index is 12.9. The number of benzene rings is 1. The minimum atomic E-state index is -0.132. The van der Waals surface area contributed by atoms with Gasteiger partial charge in [-0.25, -0.2) is 4.39 Å². The molecule has 1 aromatic rings. The van der Waals surface area contributed by atoms with E-state index < -0.39 is 0 Å². The molecular formula is C17H24FN. The van der Waals surface area contributed by atoms with Crippen LogP contribution in [0.2, 0.25) is 0 Å². The summed E-state index contributed by atoms with van der Waals surface area (Å²) in [4.78, 5) is 0. The van der Waals surface area contributed by atoms with Crippen LogP contribution in [0, 0.1) is 11.7 Å². The largest absolute Gasteiger partial charge is 0.311 e. The molecule has 0 bridgehead atoms. The maximum Gasteiger partial charge on any atom is 0.123 e. The Balaban J connectivity index is 1.46. The Morgan fingerprint density at radius 3 is 2.37 bits per heavy atom. The Hall–Kier alpha value is -0.890. The first kappa shape index (κ1) is 13.1. The fraction of sp³-hybridized carbons (Fsp3) is 0.647. The number of rotatable bonds is 4. The van der Waals surface area contributed by atoms with Crippen molar-refractivity contribution in [1.29, 1.82) is 0 Å². The van der Waals surface area contributed by atoms with Gasteiger partial charge in [0.05, 0.1) is 0 Å². The Labute approximate surface area is 115 Å². The van der Waals surface area contributed by atoms with E-state index in [-0.39, 0.29) is 5.82 Å². The zero-order chi connectivity index (χ0) is 13.2. The van der Waals surface area contributed by atoms with Gasteiger partial charge < -0.3 is 5.32 Å². The van der Waals surface area contributed by atoms with Crippen molar-refractivity contribution in [3.63, 3.8) is 0 Å². The van der Waals surface area contributed by atoms with E-state index in [9.17, 15) is 4.39 Å². The van der Waals surface area contributed by atoms with Crippen molar-refractivity contribution in [2.45, 2.75) is 63.5 Å². The molecule has 0 aromatic heterocycles. The number of hydrogen-bond donors (Lipinski definition) is 1. The van der Waals surface area contributed by atoms with Gasteiger partial charge in [0.15, 0.2) is 0 Å². The lowest BCUT2D eigenvalue weighted by Crippen LogP contribution is -2.46. The van der Waals surface area contributed by atoms with Gasteiger partial charge in [-0.2, -0.15) is 0 Å². The summed E-state index contributed by atoms with van der Waals surface area (Å²) in [7, 11) is 0. The molecule has 2 aliphatic rings. The van der Waals surface area contributed by atoms with Crippen molar-refractivity contribution in [3.8, 4) is 0 Å². The first-order valence-electron chi connectivity index (χ1n) is 7.74. The van der Waals surface area contributed by atoms with Crippen LogP contribution >= 0.6 is 0 Å². The van der Waals surface area contributed by atoms with Gasteiger partial charge in [-0.15, -0.1) is 0 Å². The van der Waals surface area contributed by atoms with Crippen LogP contribution in [-0.2, 0) is 0 Å². The average Bonchev–Trinajstić information content (AvgIpc) is 2.88. The van der Waals surface area contributed by atoms with Crippen molar-refractivity contribution in [2.24, 2.45) is 5.92 Å². The molecular weight excluding hydrogens is 237 g/mol. The summed E-state index contributed by atoms with van der Waals surface area (Å²) in [6.45, 7) is 2.35. The summed E-state index contributed by atoms with van der Waals surface area (Å²) < 4.78 is 12.9. The van der Waals surface area contributed by atoms with Gasteiger partial charge in [-0.3, -0.25) is 0 Å². The quantitative estimate of drug-likeness (QED) is 0.854. The van der Waals surface area contributed by atoms with E-state index >= 15 is 0 Å². The van der Waals surface area contributed by atoms with Crippen LogP contribution in [0.25, 0.3) is 0 Å². The lowest BCUT2D eigenvalue weighted by molar-refractivity contribution is 0.239. The molecule has 1 nitrogen and oxygen atoms in total.